The molecule has 0 N–H and O–H groups in total. The van der Waals surface area contributed by atoms with Crippen molar-refractivity contribution in [1.82, 2.24) is 0 Å². The summed E-state index contributed by atoms with van der Waals surface area (Å²) in [6.45, 7) is 12.6. The molecule has 24 heavy (non-hydrogen) atoms. The number of ether oxygens (including phenoxy) is 3. The number of hydrogen-bond acceptors (Lipinski definition) is 4. The van der Waals surface area contributed by atoms with Gasteiger partial charge in [0.05, 0.1) is 19.8 Å². The maximum atomic E-state index is 11.7. The molecule has 136 valence electrons. The number of allylic oxidation sites excluding steroid dienone is 3. The Morgan fingerprint density at radius 1 is 1.29 bits per heavy atom. The van der Waals surface area contributed by atoms with Crippen LogP contribution in [-0.2, 0) is 19.0 Å². The Bertz CT molecular complexity index is 498. The van der Waals surface area contributed by atoms with E-state index in [9.17, 15) is 4.79 Å². The van der Waals surface area contributed by atoms with Gasteiger partial charge in [0.15, 0.2) is 5.79 Å². The van der Waals surface area contributed by atoms with Gasteiger partial charge in [-0.1, -0.05) is 39.8 Å². The third-order valence-corrected chi connectivity index (χ3v) is 5.05. The van der Waals surface area contributed by atoms with Gasteiger partial charge in [0, 0.05) is 18.9 Å². The fourth-order valence-corrected chi connectivity index (χ4v) is 4.17. The maximum absolute atomic E-state index is 11.7. The molecule has 1 aliphatic carbocycles. The summed E-state index contributed by atoms with van der Waals surface area (Å²) in [5.41, 5.74) is 1.01. The smallest absolute Gasteiger partial charge is 0.331 e. The Morgan fingerprint density at radius 2 is 1.96 bits per heavy atom. The second-order valence-electron chi connectivity index (χ2n) is 7.90. The first-order chi connectivity index (χ1) is 11.3. The topological polar surface area (TPSA) is 44.8 Å². The molecule has 0 bridgehead atoms. The van der Waals surface area contributed by atoms with Gasteiger partial charge in [-0.3, -0.25) is 0 Å². The van der Waals surface area contributed by atoms with Crippen molar-refractivity contribution in [3.05, 3.63) is 23.8 Å². The quantitative estimate of drug-likeness (QED) is 0.427. The van der Waals surface area contributed by atoms with Crippen LogP contribution in [0.2, 0.25) is 0 Å². The van der Waals surface area contributed by atoms with E-state index in [-0.39, 0.29) is 17.2 Å². The summed E-state index contributed by atoms with van der Waals surface area (Å²) in [5.74, 6) is 0.234. The maximum Gasteiger partial charge on any atom is 0.331 e. The molecule has 4 heteroatoms. The van der Waals surface area contributed by atoms with Gasteiger partial charge in [0.25, 0.3) is 0 Å². The summed E-state index contributed by atoms with van der Waals surface area (Å²) in [4.78, 5) is 11.7. The molecule has 2 fully saturated rings. The monoisotopic (exact) mass is 336 g/mol. The summed E-state index contributed by atoms with van der Waals surface area (Å²) in [7, 11) is 0. The van der Waals surface area contributed by atoms with Gasteiger partial charge >= 0.3 is 5.97 Å². The summed E-state index contributed by atoms with van der Waals surface area (Å²) >= 11 is 0. The predicted molar refractivity (Wildman–Crippen MR) is 94.5 cm³/mol. The molecule has 0 aromatic rings. The van der Waals surface area contributed by atoms with Crippen molar-refractivity contribution in [3.8, 4) is 0 Å². The Labute approximate surface area is 146 Å². The normalized spacial score (nSPS) is 29.3. The van der Waals surface area contributed by atoms with E-state index >= 15 is 0 Å². The van der Waals surface area contributed by atoms with E-state index in [4.69, 9.17) is 14.2 Å². The van der Waals surface area contributed by atoms with Crippen LogP contribution in [0.4, 0.5) is 0 Å². The number of hydrogen-bond donors (Lipinski definition) is 0. The van der Waals surface area contributed by atoms with Crippen molar-refractivity contribution in [2.24, 2.45) is 17.3 Å². The van der Waals surface area contributed by atoms with Gasteiger partial charge < -0.3 is 14.2 Å². The Kier molecular flexibility index (Phi) is 6.27. The average molecular weight is 336 g/mol. The molecule has 1 heterocycles. The molecule has 0 aromatic carbocycles. The van der Waals surface area contributed by atoms with E-state index in [1.165, 1.54) is 0 Å². The molecule has 1 spiro atoms. The van der Waals surface area contributed by atoms with E-state index < -0.39 is 0 Å². The first-order valence-electron chi connectivity index (χ1n) is 9.09. The molecular formula is C20H32O4. The average Bonchev–Trinajstić information content (AvgIpc) is 2.90. The van der Waals surface area contributed by atoms with Crippen LogP contribution in [-0.4, -0.2) is 31.6 Å². The zero-order chi connectivity index (χ0) is 17.8. The summed E-state index contributed by atoms with van der Waals surface area (Å²) in [6, 6.07) is 0. The van der Waals surface area contributed by atoms with Crippen molar-refractivity contribution in [2.45, 2.75) is 59.7 Å². The summed E-state index contributed by atoms with van der Waals surface area (Å²) in [5, 5.41) is 0. The van der Waals surface area contributed by atoms with Crippen molar-refractivity contribution in [1.29, 1.82) is 0 Å². The highest BCUT2D eigenvalue weighted by Crippen LogP contribution is 2.51. The Hall–Kier alpha value is -1.13. The molecule has 2 atom stereocenters. The van der Waals surface area contributed by atoms with Gasteiger partial charge in [0.1, 0.15) is 0 Å². The number of carbonyl (C=O) groups excluding carboxylic acids is 1. The van der Waals surface area contributed by atoms with Crippen molar-refractivity contribution < 1.29 is 19.0 Å². The molecule has 1 saturated heterocycles. The summed E-state index contributed by atoms with van der Waals surface area (Å²) < 4.78 is 17.0. The van der Waals surface area contributed by atoms with Crippen LogP contribution in [0.1, 0.15) is 53.9 Å². The van der Waals surface area contributed by atoms with Crippen LogP contribution in [0.3, 0.4) is 0 Å². The standard InChI is InChI=1S/C20H32O4/c1-6-9-22-18(21)12-15(2)7-8-17-16(3)13-20(14-19(17,4)5)23-10-11-24-20/h7-8,12,16-17H,6,9-11,13-14H2,1-5H3/b8-7+,15-12-. The number of esters is 1. The van der Waals surface area contributed by atoms with Crippen LogP contribution < -0.4 is 0 Å². The molecule has 0 amide bonds. The minimum absolute atomic E-state index is 0.0848. The molecule has 2 aliphatic rings. The van der Waals surface area contributed by atoms with Crippen molar-refractivity contribution in [2.75, 3.05) is 19.8 Å². The molecular weight excluding hydrogens is 304 g/mol. The first-order valence-corrected chi connectivity index (χ1v) is 9.09. The van der Waals surface area contributed by atoms with E-state index in [1.807, 2.05) is 19.9 Å². The predicted octanol–water partition coefficient (Wildman–Crippen LogP) is 4.26. The first kappa shape index (κ1) is 19.2. The number of carbonyl (C=O) groups is 1. The molecule has 2 unspecified atom stereocenters. The second-order valence-corrected chi connectivity index (χ2v) is 7.90. The highest BCUT2D eigenvalue weighted by Gasteiger charge is 2.50. The van der Waals surface area contributed by atoms with Crippen molar-refractivity contribution in [3.63, 3.8) is 0 Å². The van der Waals surface area contributed by atoms with Gasteiger partial charge in [-0.25, -0.2) is 4.79 Å². The lowest BCUT2D eigenvalue weighted by Crippen LogP contribution is -2.47. The van der Waals surface area contributed by atoms with E-state index in [0.717, 1.165) is 24.8 Å². The summed E-state index contributed by atoms with van der Waals surface area (Å²) in [6.07, 6.45) is 8.52. The third kappa shape index (κ3) is 4.70. The Morgan fingerprint density at radius 3 is 2.54 bits per heavy atom. The molecule has 4 nitrogen and oxygen atoms in total. The largest absolute Gasteiger partial charge is 0.463 e. The van der Waals surface area contributed by atoms with Gasteiger partial charge in [-0.15, -0.1) is 0 Å². The third-order valence-electron chi connectivity index (χ3n) is 5.05. The van der Waals surface area contributed by atoms with Crippen LogP contribution in [0, 0.1) is 17.3 Å². The molecule has 1 saturated carbocycles. The Balaban J connectivity index is 2.03. The highest BCUT2D eigenvalue weighted by atomic mass is 16.7. The lowest BCUT2D eigenvalue weighted by atomic mass is 9.62. The van der Waals surface area contributed by atoms with E-state index in [0.29, 0.717) is 31.7 Å². The lowest BCUT2D eigenvalue weighted by Gasteiger charge is -2.49. The van der Waals surface area contributed by atoms with Gasteiger partial charge in [0.2, 0.25) is 0 Å². The van der Waals surface area contributed by atoms with Crippen molar-refractivity contribution >= 4 is 5.97 Å². The fourth-order valence-electron chi connectivity index (χ4n) is 4.17. The van der Waals surface area contributed by atoms with Crippen LogP contribution in [0.5, 0.6) is 0 Å². The number of rotatable bonds is 5. The van der Waals surface area contributed by atoms with Crippen LogP contribution in [0.25, 0.3) is 0 Å². The van der Waals surface area contributed by atoms with E-state index in [2.05, 4.69) is 26.8 Å². The van der Waals surface area contributed by atoms with Gasteiger partial charge in [-0.2, -0.15) is 0 Å². The zero-order valence-corrected chi connectivity index (χ0v) is 15.8. The fraction of sp³-hybridized carbons (Fsp3) is 0.750. The zero-order valence-electron chi connectivity index (χ0n) is 15.8. The molecule has 2 rings (SSSR count). The minimum atomic E-state index is -0.387. The highest BCUT2D eigenvalue weighted by molar-refractivity contribution is 5.83. The minimum Gasteiger partial charge on any atom is -0.463 e. The molecule has 1 aliphatic heterocycles. The molecule has 0 aromatic heterocycles. The van der Waals surface area contributed by atoms with E-state index in [1.54, 1.807) is 6.08 Å². The second kappa shape index (κ2) is 7.83. The molecule has 0 radical (unpaired) electrons. The van der Waals surface area contributed by atoms with Crippen LogP contribution >= 0.6 is 0 Å². The lowest BCUT2D eigenvalue weighted by molar-refractivity contribution is -0.216. The van der Waals surface area contributed by atoms with Gasteiger partial charge in [-0.05, 0) is 36.2 Å². The van der Waals surface area contributed by atoms with Crippen LogP contribution in [0.15, 0.2) is 23.8 Å². The SMILES string of the molecule is CCCOC(=O)/C=C(C)\C=C\C1C(C)CC2(CC1(C)C)OCCO2.